The number of anilines is 2. The first-order valence-corrected chi connectivity index (χ1v) is 12.7. The lowest BCUT2D eigenvalue weighted by atomic mass is 9.95. The van der Waals surface area contributed by atoms with Crippen LogP contribution in [0, 0.1) is 5.82 Å². The lowest BCUT2D eigenvalue weighted by Crippen LogP contribution is -2.60. The summed E-state index contributed by atoms with van der Waals surface area (Å²) in [7, 11) is 0. The molecular formula is C27H29FN8O2. The third-order valence-corrected chi connectivity index (χ3v) is 6.94. The molecule has 38 heavy (non-hydrogen) atoms. The number of nitrogens with one attached hydrogen (secondary N) is 1. The van der Waals surface area contributed by atoms with E-state index in [2.05, 4.69) is 25.5 Å². The van der Waals surface area contributed by atoms with Gasteiger partial charge in [-0.25, -0.2) is 14.4 Å². The molecule has 4 aromatic rings. The molecule has 2 aliphatic rings. The van der Waals surface area contributed by atoms with E-state index in [1.54, 1.807) is 37.8 Å². The van der Waals surface area contributed by atoms with Crippen LogP contribution in [-0.4, -0.2) is 59.0 Å². The number of halogens is 1. The number of aromatic nitrogens is 6. The SMILES string of the molecule is CC(C)n1cnnc1-c1cccc(NC(=O)c2cc(-n3cnc(C4CC4)c3)c(N3CC(C)(O)C3)cc2F)n1. The van der Waals surface area contributed by atoms with Gasteiger partial charge < -0.3 is 24.5 Å². The van der Waals surface area contributed by atoms with Crippen molar-refractivity contribution in [2.24, 2.45) is 0 Å². The molecule has 0 bridgehead atoms. The van der Waals surface area contributed by atoms with Crippen molar-refractivity contribution < 1.29 is 14.3 Å². The number of β-amino-alcohol motifs (C(OH)–C–C–N with tert-alkyl or cyclic N) is 1. The van der Waals surface area contributed by atoms with E-state index in [9.17, 15) is 9.90 Å². The summed E-state index contributed by atoms with van der Waals surface area (Å²) in [4.78, 5) is 24.2. The topological polar surface area (TPSA) is 114 Å². The molecule has 2 N–H and O–H groups in total. The maximum atomic E-state index is 15.4. The molecule has 11 heteroatoms. The number of nitrogens with zero attached hydrogens (tertiary/aromatic N) is 7. The van der Waals surface area contributed by atoms with Crippen LogP contribution < -0.4 is 10.2 Å². The second-order valence-corrected chi connectivity index (χ2v) is 10.7. The van der Waals surface area contributed by atoms with Crippen LogP contribution in [-0.2, 0) is 0 Å². The Morgan fingerprint density at radius 2 is 1.97 bits per heavy atom. The highest BCUT2D eigenvalue weighted by molar-refractivity contribution is 6.05. The quantitative estimate of drug-likeness (QED) is 0.382. The number of aliphatic hydroxyl groups is 1. The zero-order chi connectivity index (χ0) is 26.6. The molecule has 0 atom stereocenters. The van der Waals surface area contributed by atoms with Crippen molar-refractivity contribution >= 4 is 17.4 Å². The molecule has 3 aromatic heterocycles. The fraction of sp³-hybridized carbons (Fsp3) is 0.370. The molecule has 1 aliphatic carbocycles. The minimum atomic E-state index is -0.839. The lowest BCUT2D eigenvalue weighted by Gasteiger charge is -2.46. The van der Waals surface area contributed by atoms with Crippen LogP contribution in [0.15, 0.2) is 49.2 Å². The number of amides is 1. The van der Waals surface area contributed by atoms with Crippen LogP contribution in [0.4, 0.5) is 15.9 Å². The van der Waals surface area contributed by atoms with E-state index >= 15 is 4.39 Å². The zero-order valence-corrected chi connectivity index (χ0v) is 21.5. The zero-order valence-electron chi connectivity index (χ0n) is 21.5. The second-order valence-electron chi connectivity index (χ2n) is 10.7. The summed E-state index contributed by atoms with van der Waals surface area (Å²) in [5.74, 6) is 0.0149. The Hall–Kier alpha value is -4.12. The summed E-state index contributed by atoms with van der Waals surface area (Å²) in [6.07, 6.45) is 7.47. The number of imidazole rings is 1. The standard InChI is InChI=1S/C27H29FN8O2/c1-16(2)36-15-30-33-25(36)20-5-4-6-24(31-20)32-26(37)18-9-22(34-11-21(29-14-34)17-7-8-17)23(10-19(18)28)35-12-27(3,38)13-35/h4-6,9-11,14-17,38H,7-8,12-13H2,1-3H3,(H,31,32,37). The Morgan fingerprint density at radius 1 is 1.18 bits per heavy atom. The highest BCUT2D eigenvalue weighted by Crippen LogP contribution is 2.40. The van der Waals surface area contributed by atoms with Crippen LogP contribution in [0.25, 0.3) is 17.2 Å². The molecule has 10 nitrogen and oxygen atoms in total. The summed E-state index contributed by atoms with van der Waals surface area (Å²) in [6, 6.07) is 8.19. The molecule has 1 amide bonds. The monoisotopic (exact) mass is 516 g/mol. The van der Waals surface area contributed by atoms with Crippen LogP contribution in [0.1, 0.15) is 61.6 Å². The maximum Gasteiger partial charge on any atom is 0.259 e. The van der Waals surface area contributed by atoms with Crippen LogP contribution in [0.2, 0.25) is 0 Å². The van der Waals surface area contributed by atoms with E-state index in [0.717, 1.165) is 18.5 Å². The average molecular weight is 517 g/mol. The normalized spacial score (nSPS) is 16.5. The van der Waals surface area contributed by atoms with Gasteiger partial charge in [-0.1, -0.05) is 6.07 Å². The number of benzene rings is 1. The molecular weight excluding hydrogens is 487 g/mol. The molecule has 196 valence electrons. The number of carbonyl (C=O) groups is 1. The molecule has 0 unspecified atom stereocenters. The molecule has 4 heterocycles. The summed E-state index contributed by atoms with van der Waals surface area (Å²) in [5, 5.41) is 21.1. The minimum Gasteiger partial charge on any atom is -0.386 e. The fourth-order valence-electron chi connectivity index (χ4n) is 4.81. The predicted octanol–water partition coefficient (Wildman–Crippen LogP) is 3.95. The van der Waals surface area contributed by atoms with Crippen LogP contribution >= 0.6 is 0 Å². The van der Waals surface area contributed by atoms with Gasteiger partial charge in [-0.2, -0.15) is 0 Å². The largest absolute Gasteiger partial charge is 0.386 e. The maximum absolute atomic E-state index is 15.4. The van der Waals surface area contributed by atoms with Gasteiger partial charge >= 0.3 is 0 Å². The highest BCUT2D eigenvalue weighted by atomic mass is 19.1. The van der Waals surface area contributed by atoms with Gasteiger partial charge in [0.1, 0.15) is 23.7 Å². The average Bonchev–Trinajstić information content (AvgIpc) is 3.37. The summed E-state index contributed by atoms with van der Waals surface area (Å²) < 4.78 is 19.1. The summed E-state index contributed by atoms with van der Waals surface area (Å²) in [5.41, 5.74) is 1.79. The van der Waals surface area contributed by atoms with E-state index in [1.807, 2.05) is 34.1 Å². The van der Waals surface area contributed by atoms with Gasteiger partial charge in [-0.3, -0.25) is 4.79 Å². The van der Waals surface area contributed by atoms with Gasteiger partial charge in [-0.05, 0) is 51.8 Å². The number of carbonyl (C=O) groups excluding carboxylic acids is 1. The van der Waals surface area contributed by atoms with Gasteiger partial charge in [0.15, 0.2) is 5.82 Å². The van der Waals surface area contributed by atoms with Crippen molar-refractivity contribution in [3.05, 3.63) is 66.3 Å². The highest BCUT2D eigenvalue weighted by Gasteiger charge is 2.38. The Kier molecular flexibility index (Phi) is 5.75. The molecule has 0 spiro atoms. The number of pyridine rings is 1. The van der Waals surface area contributed by atoms with Crippen molar-refractivity contribution in [2.75, 3.05) is 23.3 Å². The van der Waals surface area contributed by atoms with Gasteiger partial charge in [0.05, 0.1) is 34.6 Å². The predicted molar refractivity (Wildman–Crippen MR) is 140 cm³/mol. The van der Waals surface area contributed by atoms with Gasteiger partial charge in [0.25, 0.3) is 5.91 Å². The Bertz CT molecular complexity index is 1510. The Morgan fingerprint density at radius 3 is 2.68 bits per heavy atom. The van der Waals surface area contributed by atoms with E-state index in [1.165, 1.54) is 12.1 Å². The van der Waals surface area contributed by atoms with E-state index in [-0.39, 0.29) is 17.4 Å². The van der Waals surface area contributed by atoms with Crippen LogP contribution in [0.5, 0.6) is 0 Å². The van der Waals surface area contributed by atoms with Gasteiger partial charge in [0.2, 0.25) is 0 Å². The fourth-order valence-corrected chi connectivity index (χ4v) is 4.81. The molecule has 6 rings (SSSR count). The van der Waals surface area contributed by atoms with E-state index in [0.29, 0.717) is 41.9 Å². The third kappa shape index (κ3) is 4.53. The lowest BCUT2D eigenvalue weighted by molar-refractivity contribution is 0.0310. The van der Waals surface area contributed by atoms with E-state index in [4.69, 9.17) is 0 Å². The summed E-state index contributed by atoms with van der Waals surface area (Å²) in [6.45, 7) is 6.50. The van der Waals surface area contributed by atoms with Crippen molar-refractivity contribution in [3.8, 4) is 17.2 Å². The minimum absolute atomic E-state index is 0.116. The smallest absolute Gasteiger partial charge is 0.259 e. The first-order valence-electron chi connectivity index (χ1n) is 12.7. The second kappa shape index (κ2) is 9.02. The van der Waals surface area contributed by atoms with Gasteiger partial charge in [0, 0.05) is 37.3 Å². The Labute approximate surface area is 219 Å². The summed E-state index contributed by atoms with van der Waals surface area (Å²) >= 11 is 0. The van der Waals surface area contributed by atoms with Crippen molar-refractivity contribution in [1.82, 2.24) is 29.3 Å². The third-order valence-electron chi connectivity index (χ3n) is 6.94. The first-order chi connectivity index (χ1) is 18.2. The molecule has 1 aromatic carbocycles. The van der Waals surface area contributed by atoms with E-state index < -0.39 is 17.3 Å². The van der Waals surface area contributed by atoms with Gasteiger partial charge in [-0.15, -0.1) is 10.2 Å². The van der Waals surface area contributed by atoms with Crippen LogP contribution in [0.3, 0.4) is 0 Å². The first kappa shape index (κ1) is 24.2. The molecule has 1 saturated heterocycles. The molecule has 2 fully saturated rings. The molecule has 0 radical (unpaired) electrons. The number of rotatable bonds is 7. The van der Waals surface area contributed by atoms with Crippen molar-refractivity contribution in [1.29, 1.82) is 0 Å². The molecule has 1 aliphatic heterocycles. The molecule has 1 saturated carbocycles. The number of hydrogen-bond acceptors (Lipinski definition) is 7. The Balaban J connectivity index is 1.32. The number of hydrogen-bond donors (Lipinski definition) is 2. The van der Waals surface area contributed by atoms with Crippen molar-refractivity contribution in [2.45, 2.75) is 51.2 Å². The van der Waals surface area contributed by atoms with Crippen molar-refractivity contribution in [3.63, 3.8) is 0 Å².